The molecule has 4 aromatic rings. The molecule has 2 unspecified atom stereocenters. The highest BCUT2D eigenvalue weighted by molar-refractivity contribution is 5.92. The van der Waals surface area contributed by atoms with Crippen LogP contribution in [-0.2, 0) is 6.54 Å². The zero-order chi connectivity index (χ0) is 34.0. The first-order valence-electron chi connectivity index (χ1n) is 16.5. The summed E-state index contributed by atoms with van der Waals surface area (Å²) < 4.78 is 51.2. The molecule has 0 N–H and O–H groups in total. The average molecular weight is 747 g/mol. The number of halogens is 5. The van der Waals surface area contributed by atoms with Gasteiger partial charge in [0.15, 0.2) is 6.61 Å². The molecule has 272 valence electrons. The number of hydrogen-bond donors (Lipinski definition) is 0. The minimum absolute atomic E-state index is 0. The van der Waals surface area contributed by atoms with E-state index < -0.39 is 12.8 Å². The van der Waals surface area contributed by atoms with Gasteiger partial charge in [0, 0.05) is 75.6 Å². The summed E-state index contributed by atoms with van der Waals surface area (Å²) in [6.45, 7) is 1.50. The second-order valence-electron chi connectivity index (χ2n) is 12.8. The molecule has 51 heavy (non-hydrogen) atoms. The molecule has 3 fully saturated rings. The molecule has 2 aliphatic heterocycles. The molecule has 3 aliphatic rings. The van der Waals surface area contributed by atoms with Gasteiger partial charge in [0.1, 0.15) is 11.5 Å². The Morgan fingerprint density at radius 1 is 0.902 bits per heavy atom. The molecule has 1 amide bonds. The lowest BCUT2D eigenvalue weighted by Crippen LogP contribution is -2.67. The first kappa shape index (κ1) is 38.2. The highest BCUT2D eigenvalue weighted by atomic mass is 35.5. The third-order valence-corrected chi connectivity index (χ3v) is 9.48. The number of aromatic nitrogens is 4. The van der Waals surface area contributed by atoms with Crippen molar-refractivity contribution in [2.24, 2.45) is 0 Å². The summed E-state index contributed by atoms with van der Waals surface area (Å²) in [5.74, 6) is 0.444. The Bertz CT molecular complexity index is 1700. The van der Waals surface area contributed by atoms with Crippen LogP contribution in [0.2, 0.25) is 0 Å². The number of alkyl halides is 3. The summed E-state index contributed by atoms with van der Waals surface area (Å²) in [7, 11) is 1.47. The maximum atomic E-state index is 13.5. The number of fused-ring (bicyclic) bond motifs is 1. The van der Waals surface area contributed by atoms with E-state index in [4.69, 9.17) is 9.47 Å². The molecular formula is C36H40Cl2F3N7O3. The lowest BCUT2D eigenvalue weighted by atomic mass is 9.81. The average Bonchev–Trinajstić information content (AvgIpc) is 3.98. The van der Waals surface area contributed by atoms with E-state index in [9.17, 15) is 18.0 Å². The van der Waals surface area contributed by atoms with Crippen LogP contribution < -0.4 is 9.47 Å². The third kappa shape index (κ3) is 8.89. The van der Waals surface area contributed by atoms with Gasteiger partial charge in [0.2, 0.25) is 11.8 Å². The Hall–Kier alpha value is -4.04. The molecule has 10 nitrogen and oxygen atoms in total. The molecular weight excluding hydrogens is 706 g/mol. The predicted molar refractivity (Wildman–Crippen MR) is 189 cm³/mol. The molecule has 2 aromatic heterocycles. The zero-order valence-corrected chi connectivity index (χ0v) is 29.6. The fourth-order valence-electron chi connectivity index (χ4n) is 7.13. The van der Waals surface area contributed by atoms with Crippen LogP contribution >= 0.6 is 24.8 Å². The Kier molecular flexibility index (Phi) is 12.4. The van der Waals surface area contributed by atoms with Crippen molar-refractivity contribution in [2.45, 2.75) is 49.5 Å². The summed E-state index contributed by atoms with van der Waals surface area (Å²) in [6, 6.07) is 20.6. The first-order chi connectivity index (χ1) is 23.8. The van der Waals surface area contributed by atoms with Gasteiger partial charge in [-0.1, -0.05) is 60.7 Å². The number of hydrogen-bond acceptors (Lipinski definition) is 9. The van der Waals surface area contributed by atoms with Crippen molar-refractivity contribution in [2.75, 3.05) is 46.4 Å². The van der Waals surface area contributed by atoms with Gasteiger partial charge < -0.3 is 14.4 Å². The van der Waals surface area contributed by atoms with Gasteiger partial charge in [-0.15, -0.1) is 24.8 Å². The standard InChI is InChI=1S/C36H38F3N7O3.2ClH/c1-48-33-28(34(49-23-36(37,38)39)43-32(42-33)26-12-13-26)21-44-19-27-20-45(35(47)29-18-40-14-15-41-29)16-17-46(27)30(22-44)31(24-8-4-2-5-9-24)25-10-6-3-7-11-25;;/h2-11,14-15,18,26-27,30-31H,12-13,16-17,19-23H2,1H3;2*1H. The van der Waals surface area contributed by atoms with Crippen LogP contribution in [-0.4, -0.2) is 105 Å². The van der Waals surface area contributed by atoms with E-state index in [0.717, 1.165) is 24.0 Å². The number of rotatable bonds is 10. The molecule has 0 radical (unpaired) electrons. The van der Waals surface area contributed by atoms with Crippen LogP contribution in [0.4, 0.5) is 13.2 Å². The third-order valence-electron chi connectivity index (χ3n) is 9.48. The lowest BCUT2D eigenvalue weighted by Gasteiger charge is -2.53. The molecule has 0 spiro atoms. The molecule has 0 bridgehead atoms. The van der Waals surface area contributed by atoms with Gasteiger partial charge in [-0.2, -0.15) is 23.1 Å². The Balaban J connectivity index is 0.00000252. The molecule has 1 saturated carbocycles. The number of ether oxygens (including phenoxy) is 2. The summed E-state index contributed by atoms with van der Waals surface area (Å²) in [5, 5.41) is 0. The zero-order valence-electron chi connectivity index (χ0n) is 28.0. The summed E-state index contributed by atoms with van der Waals surface area (Å²) >= 11 is 0. The van der Waals surface area contributed by atoms with Crippen molar-refractivity contribution in [1.82, 2.24) is 34.6 Å². The van der Waals surface area contributed by atoms with Gasteiger partial charge in [-0.25, -0.2) is 4.98 Å². The van der Waals surface area contributed by atoms with E-state index in [1.807, 2.05) is 41.3 Å². The van der Waals surface area contributed by atoms with E-state index in [-0.39, 0.29) is 78.6 Å². The van der Waals surface area contributed by atoms with Gasteiger partial charge in [-0.05, 0) is 24.0 Å². The van der Waals surface area contributed by atoms with E-state index in [1.165, 1.54) is 25.7 Å². The van der Waals surface area contributed by atoms with Crippen LogP contribution in [0.25, 0.3) is 0 Å². The minimum Gasteiger partial charge on any atom is -0.481 e. The highest BCUT2D eigenvalue weighted by Gasteiger charge is 2.44. The Morgan fingerprint density at radius 2 is 1.57 bits per heavy atom. The highest BCUT2D eigenvalue weighted by Crippen LogP contribution is 2.42. The number of amides is 1. The van der Waals surface area contributed by atoms with Crippen molar-refractivity contribution in [3.8, 4) is 11.8 Å². The van der Waals surface area contributed by atoms with Crippen molar-refractivity contribution in [1.29, 1.82) is 0 Å². The molecule has 4 heterocycles. The normalized spacial score (nSPS) is 19.4. The van der Waals surface area contributed by atoms with Gasteiger partial charge >= 0.3 is 6.18 Å². The first-order valence-corrected chi connectivity index (χ1v) is 16.5. The number of piperazine rings is 2. The smallest absolute Gasteiger partial charge is 0.422 e. The number of carbonyl (C=O) groups is 1. The monoisotopic (exact) mass is 745 g/mol. The second kappa shape index (κ2) is 16.5. The van der Waals surface area contributed by atoms with Crippen LogP contribution in [0.3, 0.4) is 0 Å². The fourth-order valence-corrected chi connectivity index (χ4v) is 7.13. The summed E-state index contributed by atoms with van der Waals surface area (Å²) in [5.41, 5.74) is 2.97. The Labute approximate surface area is 307 Å². The quantitative estimate of drug-likeness (QED) is 0.200. The number of methoxy groups -OCH3 is 1. The maximum absolute atomic E-state index is 13.5. The molecule has 7 rings (SSSR count). The molecule has 2 saturated heterocycles. The largest absolute Gasteiger partial charge is 0.481 e. The van der Waals surface area contributed by atoms with Crippen molar-refractivity contribution in [3.63, 3.8) is 0 Å². The van der Waals surface area contributed by atoms with Crippen molar-refractivity contribution < 1.29 is 27.4 Å². The fraction of sp³-hybridized carbons (Fsp3) is 0.417. The number of benzene rings is 2. The molecule has 15 heteroatoms. The van der Waals surface area contributed by atoms with Gasteiger partial charge in [0.05, 0.1) is 18.9 Å². The van der Waals surface area contributed by atoms with Crippen molar-refractivity contribution >= 4 is 30.7 Å². The molecule has 1 aliphatic carbocycles. The molecule has 2 aromatic carbocycles. The van der Waals surface area contributed by atoms with E-state index in [1.54, 1.807) is 0 Å². The van der Waals surface area contributed by atoms with Gasteiger partial charge in [0.25, 0.3) is 5.91 Å². The maximum Gasteiger partial charge on any atom is 0.422 e. The van der Waals surface area contributed by atoms with E-state index in [0.29, 0.717) is 44.1 Å². The van der Waals surface area contributed by atoms with Crippen LogP contribution in [0, 0.1) is 0 Å². The summed E-state index contributed by atoms with van der Waals surface area (Å²) in [4.78, 5) is 37.5. The predicted octanol–water partition coefficient (Wildman–Crippen LogP) is 5.78. The van der Waals surface area contributed by atoms with Crippen molar-refractivity contribution in [3.05, 3.63) is 107 Å². The van der Waals surface area contributed by atoms with Crippen LogP contribution in [0.1, 0.15) is 57.7 Å². The van der Waals surface area contributed by atoms with E-state index >= 15 is 0 Å². The lowest BCUT2D eigenvalue weighted by molar-refractivity contribution is -0.154. The molecule has 2 atom stereocenters. The van der Waals surface area contributed by atoms with Gasteiger partial charge in [-0.3, -0.25) is 19.6 Å². The number of nitrogens with zero attached hydrogens (tertiary/aromatic N) is 7. The second-order valence-corrected chi connectivity index (χ2v) is 12.8. The number of carbonyl (C=O) groups excluding carboxylic acids is 1. The van der Waals surface area contributed by atoms with Crippen LogP contribution in [0.5, 0.6) is 11.8 Å². The summed E-state index contributed by atoms with van der Waals surface area (Å²) in [6.07, 6.45) is 1.73. The minimum atomic E-state index is -4.54. The Morgan fingerprint density at radius 3 is 2.16 bits per heavy atom. The SMILES string of the molecule is COc1nc(C2CC2)nc(OCC(F)(F)F)c1CN1CC2CN(C(=O)c3cnccn3)CCN2C(C(c2ccccc2)c2ccccc2)C1.Cl.Cl. The van der Waals surface area contributed by atoms with Crippen LogP contribution in [0.15, 0.2) is 79.3 Å². The topological polar surface area (TPSA) is 96.8 Å². The van der Waals surface area contributed by atoms with E-state index in [2.05, 4.69) is 54.0 Å².